The summed E-state index contributed by atoms with van der Waals surface area (Å²) in [6.07, 6.45) is 15.3. The minimum atomic E-state index is -0.626. The second-order valence-corrected chi connectivity index (χ2v) is 11.4. The highest BCUT2D eigenvalue weighted by atomic mass is 16.5. The van der Waals surface area contributed by atoms with Crippen LogP contribution in [0.25, 0.3) is 10.9 Å². The smallest absolute Gasteiger partial charge is 0.309 e. The molecule has 8 nitrogen and oxygen atoms in total. The number of β-amino-alcohol motifs (C(OH)–C–C–N with tert-alkyl or cyclic N) is 1. The molecule has 1 fully saturated rings. The van der Waals surface area contributed by atoms with Gasteiger partial charge in [-0.25, -0.2) is 0 Å². The molecule has 1 aliphatic rings. The van der Waals surface area contributed by atoms with Crippen molar-refractivity contribution in [3.63, 3.8) is 0 Å². The lowest BCUT2D eigenvalue weighted by Crippen LogP contribution is -2.42. The molecule has 226 valence electrons. The number of rotatable bonds is 15. The van der Waals surface area contributed by atoms with Crippen molar-refractivity contribution in [1.82, 2.24) is 19.9 Å². The Kier molecular flexibility index (Phi) is 11.4. The number of esters is 1. The van der Waals surface area contributed by atoms with E-state index in [2.05, 4.69) is 32.0 Å². The van der Waals surface area contributed by atoms with Crippen LogP contribution in [0.15, 0.2) is 85.6 Å². The number of ether oxygens (including phenoxy) is 2. The summed E-state index contributed by atoms with van der Waals surface area (Å²) in [6.45, 7) is 2.22. The molecule has 0 amide bonds. The fraction of sp³-hybridized carbons (Fsp3) is 0.429. The summed E-state index contributed by atoms with van der Waals surface area (Å²) < 4.78 is 12.1. The van der Waals surface area contributed by atoms with Crippen molar-refractivity contribution >= 4 is 16.9 Å². The number of hydrogen-bond acceptors (Lipinski definition) is 8. The van der Waals surface area contributed by atoms with Crippen molar-refractivity contribution in [2.24, 2.45) is 5.92 Å². The number of piperidine rings is 1. The van der Waals surface area contributed by atoms with Crippen molar-refractivity contribution < 1.29 is 19.4 Å². The van der Waals surface area contributed by atoms with E-state index in [0.29, 0.717) is 6.54 Å². The quantitative estimate of drug-likeness (QED) is 0.185. The molecule has 0 aliphatic carbocycles. The van der Waals surface area contributed by atoms with Crippen LogP contribution in [0, 0.1) is 5.92 Å². The van der Waals surface area contributed by atoms with Crippen LogP contribution in [0.1, 0.15) is 49.7 Å². The number of likely N-dealkylation sites (tertiary alicyclic amines) is 1. The molecular weight excluding hydrogens is 540 g/mol. The second-order valence-electron chi connectivity index (χ2n) is 11.4. The maximum Gasteiger partial charge on any atom is 0.309 e. The molecule has 8 heteroatoms. The van der Waals surface area contributed by atoms with Gasteiger partial charge < -0.3 is 19.5 Å². The van der Waals surface area contributed by atoms with Crippen molar-refractivity contribution in [2.45, 2.75) is 63.6 Å². The first-order valence-corrected chi connectivity index (χ1v) is 15.5. The van der Waals surface area contributed by atoms with Crippen LogP contribution < -0.4 is 4.74 Å². The average molecular weight is 583 g/mol. The van der Waals surface area contributed by atoms with Gasteiger partial charge in [0.2, 0.25) is 0 Å². The van der Waals surface area contributed by atoms with Crippen LogP contribution in [0.2, 0.25) is 0 Å². The summed E-state index contributed by atoms with van der Waals surface area (Å²) >= 11 is 0. The van der Waals surface area contributed by atoms with E-state index in [4.69, 9.17) is 9.47 Å². The van der Waals surface area contributed by atoms with Gasteiger partial charge in [-0.15, -0.1) is 0 Å². The monoisotopic (exact) mass is 582 g/mol. The Morgan fingerprint density at radius 3 is 2.21 bits per heavy atom. The molecule has 1 atom stereocenters. The molecule has 0 radical (unpaired) electrons. The molecule has 1 saturated heterocycles. The molecule has 4 aromatic rings. The number of carbonyl (C=O) groups is 1. The first-order valence-electron chi connectivity index (χ1n) is 15.5. The van der Waals surface area contributed by atoms with Gasteiger partial charge in [0.25, 0.3) is 0 Å². The van der Waals surface area contributed by atoms with Crippen LogP contribution in [-0.2, 0) is 22.4 Å². The summed E-state index contributed by atoms with van der Waals surface area (Å²) in [5.74, 6) is 0.536. The highest BCUT2D eigenvalue weighted by Crippen LogP contribution is 2.25. The molecule has 43 heavy (non-hydrogen) atoms. The summed E-state index contributed by atoms with van der Waals surface area (Å²) in [6, 6.07) is 17.7. The van der Waals surface area contributed by atoms with E-state index in [0.717, 1.165) is 81.1 Å². The van der Waals surface area contributed by atoms with Gasteiger partial charge in [-0.3, -0.25) is 19.7 Å². The third-order valence-corrected chi connectivity index (χ3v) is 8.14. The third kappa shape index (κ3) is 9.56. The van der Waals surface area contributed by atoms with Gasteiger partial charge in [-0.1, -0.05) is 18.2 Å². The number of aryl methyl sites for hydroxylation is 2. The normalized spacial score (nSPS) is 15.0. The first kappa shape index (κ1) is 30.6. The van der Waals surface area contributed by atoms with Gasteiger partial charge in [0, 0.05) is 42.9 Å². The van der Waals surface area contributed by atoms with Crippen LogP contribution in [0.4, 0.5) is 0 Å². The number of aliphatic hydroxyl groups is 1. The lowest BCUT2D eigenvalue weighted by Gasteiger charge is -2.32. The Hall–Kier alpha value is -3.88. The molecule has 5 rings (SSSR count). The standard InChI is InChI=1S/C35H42N4O4/c40-30(26-42-34-15-3-14-33-32(34)13-6-20-38-33)25-39-21-16-29(17-22-39)35(41)43-31(11-1-7-27-9-4-18-36-23-27)12-2-8-28-10-5-19-37-24-28/h3-6,9-10,13-15,18-20,23-24,29-31,40H,1-2,7-8,11-12,16-17,21-22,25-26H2/t30-/m0/s1. The molecule has 0 spiro atoms. The van der Waals surface area contributed by atoms with E-state index in [1.165, 1.54) is 11.1 Å². The fourth-order valence-electron chi connectivity index (χ4n) is 5.77. The SMILES string of the molecule is O=C(OC(CCCc1cccnc1)CCCc1cccnc1)C1CCN(C[C@H](O)COc2cccc3ncccc23)CC1. The fourth-order valence-corrected chi connectivity index (χ4v) is 5.77. The molecule has 1 aromatic carbocycles. The lowest BCUT2D eigenvalue weighted by atomic mass is 9.96. The van der Waals surface area contributed by atoms with Crippen molar-refractivity contribution in [3.8, 4) is 5.75 Å². The number of aromatic nitrogens is 3. The van der Waals surface area contributed by atoms with Crippen LogP contribution in [0.3, 0.4) is 0 Å². The molecular formula is C35H42N4O4. The number of fused-ring (bicyclic) bond motifs is 1. The van der Waals surface area contributed by atoms with E-state index in [-0.39, 0.29) is 24.6 Å². The maximum atomic E-state index is 13.2. The van der Waals surface area contributed by atoms with Crippen LogP contribution >= 0.6 is 0 Å². The van der Waals surface area contributed by atoms with E-state index >= 15 is 0 Å². The molecule has 0 bridgehead atoms. The highest BCUT2D eigenvalue weighted by Gasteiger charge is 2.29. The zero-order chi connectivity index (χ0) is 29.7. The minimum Gasteiger partial charge on any atom is -0.490 e. The number of hydrogen-bond donors (Lipinski definition) is 1. The van der Waals surface area contributed by atoms with E-state index < -0.39 is 6.10 Å². The van der Waals surface area contributed by atoms with Crippen molar-refractivity contribution in [1.29, 1.82) is 0 Å². The van der Waals surface area contributed by atoms with E-state index in [9.17, 15) is 9.90 Å². The number of pyridine rings is 3. The number of carbonyl (C=O) groups excluding carboxylic acids is 1. The topological polar surface area (TPSA) is 97.7 Å². The van der Waals surface area contributed by atoms with Crippen LogP contribution in [-0.4, -0.2) is 69.4 Å². The van der Waals surface area contributed by atoms with Gasteiger partial charge in [-0.2, -0.15) is 0 Å². The van der Waals surface area contributed by atoms with Crippen LogP contribution in [0.5, 0.6) is 5.75 Å². The molecule has 3 aromatic heterocycles. The molecule has 1 N–H and O–H groups in total. The Bertz CT molecular complexity index is 1350. The number of benzene rings is 1. The van der Waals surface area contributed by atoms with Gasteiger partial charge in [0.05, 0.1) is 11.4 Å². The van der Waals surface area contributed by atoms with E-state index in [1.54, 1.807) is 18.6 Å². The summed E-state index contributed by atoms with van der Waals surface area (Å²) in [5, 5.41) is 11.6. The summed E-state index contributed by atoms with van der Waals surface area (Å²) in [4.78, 5) is 28.2. The maximum absolute atomic E-state index is 13.2. The first-order chi connectivity index (χ1) is 21.1. The van der Waals surface area contributed by atoms with Gasteiger partial charge in [0.1, 0.15) is 24.6 Å². The average Bonchev–Trinajstić information content (AvgIpc) is 3.05. The highest BCUT2D eigenvalue weighted by molar-refractivity contribution is 5.84. The third-order valence-electron chi connectivity index (χ3n) is 8.14. The predicted molar refractivity (Wildman–Crippen MR) is 167 cm³/mol. The molecule has 0 unspecified atom stereocenters. The number of nitrogens with zero attached hydrogens (tertiary/aromatic N) is 4. The van der Waals surface area contributed by atoms with Crippen molar-refractivity contribution in [2.75, 3.05) is 26.2 Å². The van der Waals surface area contributed by atoms with Gasteiger partial charge >= 0.3 is 5.97 Å². The Labute approximate surface area is 254 Å². The predicted octanol–water partition coefficient (Wildman–Crippen LogP) is 5.43. The molecule has 1 aliphatic heterocycles. The van der Waals surface area contributed by atoms with Gasteiger partial charge in [-0.05, 0) is 112 Å². The molecule has 0 saturated carbocycles. The number of aliphatic hydroxyl groups excluding tert-OH is 1. The summed E-state index contributed by atoms with van der Waals surface area (Å²) in [5.41, 5.74) is 3.28. The summed E-state index contributed by atoms with van der Waals surface area (Å²) in [7, 11) is 0. The zero-order valence-corrected chi connectivity index (χ0v) is 24.8. The van der Waals surface area contributed by atoms with Crippen molar-refractivity contribution in [3.05, 3.63) is 96.7 Å². The Morgan fingerprint density at radius 2 is 1.56 bits per heavy atom. The Morgan fingerprint density at radius 1 is 0.884 bits per heavy atom. The minimum absolute atomic E-state index is 0.0825. The van der Waals surface area contributed by atoms with Gasteiger partial charge in [0.15, 0.2) is 0 Å². The second kappa shape index (κ2) is 16.1. The van der Waals surface area contributed by atoms with E-state index in [1.807, 2.05) is 54.9 Å². The lowest BCUT2D eigenvalue weighted by molar-refractivity contribution is -0.156. The Balaban J connectivity index is 1.06. The molecule has 4 heterocycles. The largest absolute Gasteiger partial charge is 0.490 e. The zero-order valence-electron chi connectivity index (χ0n) is 24.8.